The van der Waals surface area contributed by atoms with Crippen LogP contribution in [-0.4, -0.2) is 21.3 Å². The number of aromatic nitrogens is 2. The summed E-state index contributed by atoms with van der Waals surface area (Å²) in [5, 5.41) is 13.9. The van der Waals surface area contributed by atoms with Crippen LogP contribution >= 0.6 is 0 Å². The van der Waals surface area contributed by atoms with Gasteiger partial charge in [0.15, 0.2) is 0 Å². The van der Waals surface area contributed by atoms with Crippen molar-refractivity contribution in [3.8, 4) is 28.3 Å². The maximum Gasteiger partial charge on any atom is 0.416 e. The lowest BCUT2D eigenvalue weighted by Crippen LogP contribution is -2.04. The monoisotopic (exact) mass is 434 g/mol. The number of phenolic OH excluding ortho intramolecular Hbond substituents is 1. The van der Waals surface area contributed by atoms with Gasteiger partial charge in [0.05, 0.1) is 23.2 Å². The lowest BCUT2D eigenvalue weighted by atomic mass is 10.1. The number of nitrogens with zero attached hydrogens (tertiary/aromatic N) is 3. The van der Waals surface area contributed by atoms with E-state index in [1.165, 1.54) is 24.4 Å². The fourth-order valence-electron chi connectivity index (χ4n) is 2.99. The summed E-state index contributed by atoms with van der Waals surface area (Å²) in [7, 11) is 0. The predicted octanol–water partition coefficient (Wildman–Crippen LogP) is 5.98. The summed E-state index contributed by atoms with van der Waals surface area (Å²) in [4.78, 5) is 8.86. The summed E-state index contributed by atoms with van der Waals surface area (Å²) in [5.41, 5.74) is 4.84. The van der Waals surface area contributed by atoms with Gasteiger partial charge in [-0.1, -0.05) is 54.6 Å². The summed E-state index contributed by atoms with van der Waals surface area (Å²) in [5.74, 6) is 0.232. The van der Waals surface area contributed by atoms with E-state index in [9.17, 15) is 18.3 Å². The number of nitrogens with one attached hydrogen (secondary N) is 1. The first-order valence-corrected chi connectivity index (χ1v) is 9.59. The van der Waals surface area contributed by atoms with Crippen LogP contribution in [0.25, 0.3) is 22.5 Å². The molecule has 0 fully saturated rings. The van der Waals surface area contributed by atoms with Crippen LogP contribution < -0.4 is 5.43 Å². The molecule has 4 rings (SSSR count). The number of hydrogen-bond acceptors (Lipinski definition) is 5. The van der Waals surface area contributed by atoms with Crippen LogP contribution in [0.1, 0.15) is 11.1 Å². The number of aromatic hydroxyl groups is 1. The Hall–Kier alpha value is -4.20. The highest BCUT2D eigenvalue weighted by Crippen LogP contribution is 2.31. The van der Waals surface area contributed by atoms with Crippen molar-refractivity contribution in [3.63, 3.8) is 0 Å². The quantitative estimate of drug-likeness (QED) is 0.299. The Balaban J connectivity index is 1.69. The van der Waals surface area contributed by atoms with Gasteiger partial charge in [-0.05, 0) is 30.3 Å². The molecule has 0 aliphatic rings. The molecule has 0 aliphatic carbocycles. The maximum absolute atomic E-state index is 12.9. The largest absolute Gasteiger partial charge is 0.507 e. The maximum atomic E-state index is 12.9. The van der Waals surface area contributed by atoms with Gasteiger partial charge in [0.1, 0.15) is 5.75 Å². The molecule has 160 valence electrons. The first kappa shape index (κ1) is 21.0. The molecular formula is C24H17F3N4O. The van der Waals surface area contributed by atoms with E-state index < -0.39 is 11.7 Å². The van der Waals surface area contributed by atoms with Gasteiger partial charge >= 0.3 is 6.18 Å². The van der Waals surface area contributed by atoms with E-state index in [1.54, 1.807) is 24.3 Å². The molecule has 4 aromatic rings. The Kier molecular flexibility index (Phi) is 5.85. The SMILES string of the molecule is Oc1ccccc1C=NNc1nc(-c2ccccc2)cc(-c2ccc(C(F)(F)F)cc2)n1. The lowest BCUT2D eigenvalue weighted by Gasteiger charge is -2.10. The Morgan fingerprint density at radius 2 is 1.38 bits per heavy atom. The van der Waals surface area contributed by atoms with Crippen molar-refractivity contribution in [1.29, 1.82) is 0 Å². The molecule has 3 aromatic carbocycles. The smallest absolute Gasteiger partial charge is 0.416 e. The van der Waals surface area contributed by atoms with Crippen LogP contribution in [0.3, 0.4) is 0 Å². The van der Waals surface area contributed by atoms with Crippen molar-refractivity contribution >= 4 is 12.2 Å². The number of hydrazone groups is 1. The Morgan fingerprint density at radius 1 is 0.781 bits per heavy atom. The van der Waals surface area contributed by atoms with Crippen molar-refractivity contribution in [3.05, 3.63) is 96.1 Å². The average Bonchev–Trinajstić information content (AvgIpc) is 2.80. The minimum atomic E-state index is -4.41. The van der Waals surface area contributed by atoms with Crippen molar-refractivity contribution in [1.82, 2.24) is 9.97 Å². The lowest BCUT2D eigenvalue weighted by molar-refractivity contribution is -0.137. The standard InChI is InChI=1S/C24H17F3N4O/c25-24(26,27)19-12-10-17(11-13-19)21-14-20(16-6-2-1-3-7-16)29-23(30-21)31-28-15-18-8-4-5-9-22(18)32/h1-15,32H,(H,29,30,31). The topological polar surface area (TPSA) is 70.4 Å². The second kappa shape index (κ2) is 8.89. The number of rotatable bonds is 5. The molecule has 0 atom stereocenters. The molecule has 5 nitrogen and oxygen atoms in total. The zero-order chi connectivity index (χ0) is 22.6. The molecule has 0 saturated carbocycles. The van der Waals surface area contributed by atoms with E-state index in [0.717, 1.165) is 17.7 Å². The van der Waals surface area contributed by atoms with Gasteiger partial charge in [0, 0.05) is 16.7 Å². The van der Waals surface area contributed by atoms with E-state index in [4.69, 9.17) is 0 Å². The predicted molar refractivity (Wildman–Crippen MR) is 117 cm³/mol. The summed E-state index contributed by atoms with van der Waals surface area (Å²) in [6.45, 7) is 0. The van der Waals surface area contributed by atoms with Crippen molar-refractivity contribution in [2.75, 3.05) is 5.43 Å². The summed E-state index contributed by atoms with van der Waals surface area (Å²) >= 11 is 0. The third kappa shape index (κ3) is 4.92. The molecule has 0 bridgehead atoms. The Bertz CT molecular complexity index is 1240. The Morgan fingerprint density at radius 3 is 2.00 bits per heavy atom. The van der Waals surface area contributed by atoms with Crippen LogP contribution in [0.5, 0.6) is 5.75 Å². The van der Waals surface area contributed by atoms with Crippen LogP contribution in [0, 0.1) is 0 Å². The number of hydrogen-bond donors (Lipinski definition) is 2. The zero-order valence-corrected chi connectivity index (χ0v) is 16.6. The molecule has 1 aromatic heterocycles. The molecule has 2 N–H and O–H groups in total. The van der Waals surface area contributed by atoms with E-state index >= 15 is 0 Å². The fourth-order valence-corrected chi connectivity index (χ4v) is 2.99. The second-order valence-corrected chi connectivity index (χ2v) is 6.83. The molecule has 1 heterocycles. The zero-order valence-electron chi connectivity index (χ0n) is 16.6. The summed E-state index contributed by atoms with van der Waals surface area (Å²) in [6.07, 6.45) is -2.99. The van der Waals surface area contributed by atoms with Gasteiger partial charge in [-0.25, -0.2) is 15.4 Å². The van der Waals surface area contributed by atoms with E-state index in [1.807, 2.05) is 30.3 Å². The molecule has 0 radical (unpaired) electrons. The number of anilines is 1. The van der Waals surface area contributed by atoms with Gasteiger partial charge in [0.2, 0.25) is 5.95 Å². The number of para-hydroxylation sites is 1. The van der Waals surface area contributed by atoms with Crippen LogP contribution in [0.4, 0.5) is 19.1 Å². The minimum Gasteiger partial charge on any atom is -0.507 e. The van der Waals surface area contributed by atoms with Gasteiger partial charge in [-0.2, -0.15) is 18.3 Å². The van der Waals surface area contributed by atoms with Crippen LogP contribution in [0.15, 0.2) is 90.0 Å². The number of benzene rings is 3. The highest BCUT2D eigenvalue weighted by atomic mass is 19.4. The summed E-state index contributed by atoms with van der Waals surface area (Å²) < 4.78 is 38.7. The van der Waals surface area contributed by atoms with Gasteiger partial charge in [-0.3, -0.25) is 0 Å². The van der Waals surface area contributed by atoms with Gasteiger partial charge < -0.3 is 5.11 Å². The number of halogens is 3. The molecule has 0 spiro atoms. The first-order chi connectivity index (χ1) is 15.4. The number of alkyl halides is 3. The number of phenols is 1. The fraction of sp³-hybridized carbons (Fsp3) is 0.0417. The minimum absolute atomic E-state index is 0.0717. The van der Waals surface area contributed by atoms with Gasteiger partial charge in [0.25, 0.3) is 0 Å². The van der Waals surface area contributed by atoms with E-state index in [0.29, 0.717) is 22.5 Å². The van der Waals surface area contributed by atoms with Crippen molar-refractivity contribution < 1.29 is 18.3 Å². The molecule has 0 saturated heterocycles. The van der Waals surface area contributed by atoms with Crippen LogP contribution in [0.2, 0.25) is 0 Å². The molecule has 32 heavy (non-hydrogen) atoms. The average molecular weight is 434 g/mol. The summed E-state index contributed by atoms with van der Waals surface area (Å²) in [6, 6.07) is 22.5. The third-order valence-electron chi connectivity index (χ3n) is 4.61. The molecular weight excluding hydrogens is 417 g/mol. The molecule has 0 aliphatic heterocycles. The molecule has 0 amide bonds. The normalized spacial score (nSPS) is 11.6. The van der Waals surface area contributed by atoms with E-state index in [-0.39, 0.29) is 11.7 Å². The van der Waals surface area contributed by atoms with Crippen molar-refractivity contribution in [2.45, 2.75) is 6.18 Å². The highest BCUT2D eigenvalue weighted by Gasteiger charge is 2.30. The highest BCUT2D eigenvalue weighted by molar-refractivity contribution is 5.83. The second-order valence-electron chi connectivity index (χ2n) is 6.83. The third-order valence-corrected chi connectivity index (χ3v) is 4.61. The first-order valence-electron chi connectivity index (χ1n) is 9.59. The Labute approximate surface area is 181 Å². The van der Waals surface area contributed by atoms with E-state index in [2.05, 4.69) is 20.5 Å². The van der Waals surface area contributed by atoms with Crippen molar-refractivity contribution in [2.24, 2.45) is 5.10 Å². The molecule has 0 unspecified atom stereocenters. The van der Waals surface area contributed by atoms with Gasteiger partial charge in [-0.15, -0.1) is 0 Å². The molecule has 8 heteroatoms. The van der Waals surface area contributed by atoms with Crippen LogP contribution in [-0.2, 0) is 6.18 Å².